The molecule has 39 heavy (non-hydrogen) atoms. The van der Waals surface area contributed by atoms with Crippen LogP contribution in [0.15, 0.2) is 18.3 Å². The molecule has 11 nitrogen and oxygen atoms in total. The number of nitrogens with one attached hydrogen (secondary N) is 3. The van der Waals surface area contributed by atoms with Gasteiger partial charge in [-0.15, -0.1) is 0 Å². The lowest BCUT2D eigenvalue weighted by atomic mass is 10.1. The molecule has 0 radical (unpaired) electrons. The maximum atomic E-state index is 13.8. The number of ether oxygens (including phenoxy) is 4. The molecule has 1 saturated heterocycles. The molecule has 0 bridgehead atoms. The zero-order valence-electron chi connectivity index (χ0n) is 21.7. The molecule has 0 aliphatic carbocycles. The summed E-state index contributed by atoms with van der Waals surface area (Å²) in [5.74, 6) is 0.353. The number of H-pyrrole nitrogens is 1. The van der Waals surface area contributed by atoms with E-state index in [9.17, 15) is 18.0 Å². The highest BCUT2D eigenvalue weighted by atomic mass is 19.4. The number of aromatic nitrogens is 3. The second-order valence-electron chi connectivity index (χ2n) is 9.81. The van der Waals surface area contributed by atoms with Crippen molar-refractivity contribution >= 4 is 34.4 Å². The molecule has 1 aromatic carbocycles. The maximum absolute atomic E-state index is 13.8. The van der Waals surface area contributed by atoms with Crippen LogP contribution >= 0.6 is 0 Å². The summed E-state index contributed by atoms with van der Waals surface area (Å²) in [6, 6.07) is 3.25. The number of amides is 1. The van der Waals surface area contributed by atoms with Crippen LogP contribution in [0.25, 0.3) is 11.0 Å². The lowest BCUT2D eigenvalue weighted by Crippen LogP contribution is -2.41. The van der Waals surface area contributed by atoms with E-state index in [1.165, 1.54) is 7.11 Å². The van der Waals surface area contributed by atoms with Gasteiger partial charge in [-0.3, -0.25) is 4.79 Å². The zero-order valence-corrected chi connectivity index (χ0v) is 21.7. The van der Waals surface area contributed by atoms with Gasteiger partial charge in [0.1, 0.15) is 24.7 Å². The SMILES string of the molecule is COCC(C)(C)Nc1nc(Nc2ccc(C(=O)N3CCOCC3)c3c2OCCO3)nc2[nH]cc(C(F)(F)F)c12. The molecule has 0 spiro atoms. The van der Waals surface area contributed by atoms with Gasteiger partial charge in [0.25, 0.3) is 5.91 Å². The molecule has 2 aliphatic heterocycles. The lowest BCUT2D eigenvalue weighted by molar-refractivity contribution is -0.136. The zero-order chi connectivity index (χ0) is 27.8. The van der Waals surface area contributed by atoms with Gasteiger partial charge in [-0.2, -0.15) is 23.1 Å². The molecule has 1 fully saturated rings. The van der Waals surface area contributed by atoms with E-state index in [0.717, 1.165) is 6.20 Å². The summed E-state index contributed by atoms with van der Waals surface area (Å²) in [4.78, 5) is 26.1. The summed E-state index contributed by atoms with van der Waals surface area (Å²) in [5, 5.41) is 5.90. The van der Waals surface area contributed by atoms with Gasteiger partial charge in [0, 0.05) is 26.4 Å². The predicted molar refractivity (Wildman–Crippen MR) is 136 cm³/mol. The van der Waals surface area contributed by atoms with Crippen LogP contribution < -0.4 is 20.1 Å². The number of benzene rings is 1. The number of hydrogen-bond donors (Lipinski definition) is 3. The van der Waals surface area contributed by atoms with E-state index in [2.05, 4.69) is 25.6 Å². The Morgan fingerprint density at radius 3 is 2.51 bits per heavy atom. The summed E-state index contributed by atoms with van der Waals surface area (Å²) < 4.78 is 63.6. The van der Waals surface area contributed by atoms with Crippen LogP contribution in [-0.2, 0) is 15.7 Å². The Kier molecular flexibility index (Phi) is 7.16. The first-order valence-electron chi connectivity index (χ1n) is 12.4. The third-order valence-corrected chi connectivity index (χ3v) is 6.26. The molecule has 3 aromatic rings. The van der Waals surface area contributed by atoms with Crippen molar-refractivity contribution in [1.29, 1.82) is 0 Å². The number of rotatable bonds is 7. The van der Waals surface area contributed by atoms with Crippen LogP contribution in [0.3, 0.4) is 0 Å². The molecule has 14 heteroatoms. The number of fused-ring (bicyclic) bond motifs is 2. The minimum atomic E-state index is -4.62. The Hall–Kier alpha value is -3.78. The van der Waals surface area contributed by atoms with E-state index in [1.807, 2.05) is 0 Å². The fourth-order valence-electron chi connectivity index (χ4n) is 4.58. The first kappa shape index (κ1) is 26.8. The number of morpholine rings is 1. The average molecular weight is 551 g/mol. The summed E-state index contributed by atoms with van der Waals surface area (Å²) in [6.45, 7) is 6.13. The molecular weight excluding hydrogens is 521 g/mol. The van der Waals surface area contributed by atoms with Crippen LogP contribution in [0.5, 0.6) is 11.5 Å². The fourth-order valence-corrected chi connectivity index (χ4v) is 4.58. The Morgan fingerprint density at radius 2 is 1.82 bits per heavy atom. The van der Waals surface area contributed by atoms with Gasteiger partial charge in [-0.05, 0) is 26.0 Å². The number of carbonyl (C=O) groups excluding carboxylic acids is 1. The normalized spacial score (nSPS) is 15.9. The highest BCUT2D eigenvalue weighted by molar-refractivity contribution is 5.99. The number of nitrogens with zero attached hydrogens (tertiary/aromatic N) is 3. The van der Waals surface area contributed by atoms with Crippen molar-refractivity contribution < 1.29 is 36.9 Å². The molecule has 210 valence electrons. The number of methoxy groups -OCH3 is 1. The number of anilines is 3. The van der Waals surface area contributed by atoms with E-state index in [1.54, 1.807) is 30.9 Å². The topological polar surface area (TPSA) is 123 Å². The quantitative estimate of drug-likeness (QED) is 0.403. The summed E-state index contributed by atoms with van der Waals surface area (Å²) in [7, 11) is 1.50. The smallest absolute Gasteiger partial charge is 0.418 e. The lowest BCUT2D eigenvalue weighted by Gasteiger charge is -2.29. The van der Waals surface area contributed by atoms with Gasteiger partial charge in [-0.25, -0.2) is 0 Å². The number of alkyl halides is 3. The monoisotopic (exact) mass is 550 g/mol. The standard InChI is InChI=1S/C25H29F3N6O5/c1-24(2,13-36-3)33-21-17-15(25(26,27)28)12-29-20(17)31-23(32-21)30-16-5-4-14(18-19(16)39-11-10-38-18)22(35)34-6-8-37-9-7-34/h4-5,12H,6-11,13H2,1-3H3,(H3,29,30,31,32,33). The second-order valence-corrected chi connectivity index (χ2v) is 9.81. The van der Waals surface area contributed by atoms with E-state index in [4.69, 9.17) is 18.9 Å². The minimum absolute atomic E-state index is 0.0115. The molecule has 0 unspecified atom stereocenters. The fraction of sp³-hybridized carbons (Fsp3) is 0.480. The van der Waals surface area contributed by atoms with Crippen LogP contribution in [-0.4, -0.2) is 84.5 Å². The molecule has 2 aliphatic rings. The van der Waals surface area contributed by atoms with Gasteiger partial charge in [0.2, 0.25) is 5.95 Å². The van der Waals surface area contributed by atoms with Gasteiger partial charge in [0.15, 0.2) is 11.5 Å². The van der Waals surface area contributed by atoms with Crippen molar-refractivity contribution in [3.05, 3.63) is 29.5 Å². The van der Waals surface area contributed by atoms with Gasteiger partial charge >= 0.3 is 6.18 Å². The Balaban J connectivity index is 1.53. The van der Waals surface area contributed by atoms with Crippen molar-refractivity contribution in [3.8, 4) is 11.5 Å². The Bertz CT molecular complexity index is 1370. The highest BCUT2D eigenvalue weighted by Gasteiger charge is 2.36. The summed E-state index contributed by atoms with van der Waals surface area (Å²) in [6.07, 6.45) is -3.76. The number of halogens is 3. The molecule has 0 atom stereocenters. The van der Waals surface area contributed by atoms with Gasteiger partial charge < -0.3 is 39.5 Å². The predicted octanol–water partition coefficient (Wildman–Crippen LogP) is 3.80. The third-order valence-electron chi connectivity index (χ3n) is 6.26. The molecule has 4 heterocycles. The Labute approximate surface area is 222 Å². The van der Waals surface area contributed by atoms with Crippen molar-refractivity contribution in [3.63, 3.8) is 0 Å². The van der Waals surface area contributed by atoms with Crippen molar-refractivity contribution in [2.75, 3.05) is 63.9 Å². The first-order chi connectivity index (χ1) is 18.6. The molecule has 5 rings (SSSR count). The summed E-state index contributed by atoms with van der Waals surface area (Å²) in [5.41, 5.74) is -0.908. The van der Waals surface area contributed by atoms with Gasteiger partial charge in [0.05, 0.1) is 47.6 Å². The number of carbonyl (C=O) groups is 1. The van der Waals surface area contributed by atoms with Crippen molar-refractivity contribution in [2.45, 2.75) is 25.6 Å². The van der Waals surface area contributed by atoms with Gasteiger partial charge in [-0.1, -0.05) is 0 Å². The van der Waals surface area contributed by atoms with Crippen molar-refractivity contribution in [2.24, 2.45) is 0 Å². The van der Waals surface area contributed by atoms with E-state index in [-0.39, 0.29) is 54.3 Å². The first-order valence-corrected chi connectivity index (χ1v) is 12.4. The molecule has 2 aromatic heterocycles. The average Bonchev–Trinajstić information content (AvgIpc) is 3.34. The summed E-state index contributed by atoms with van der Waals surface area (Å²) >= 11 is 0. The largest absolute Gasteiger partial charge is 0.485 e. The van der Waals surface area contributed by atoms with E-state index in [0.29, 0.717) is 43.3 Å². The maximum Gasteiger partial charge on any atom is 0.418 e. The van der Waals surface area contributed by atoms with Crippen molar-refractivity contribution in [1.82, 2.24) is 19.9 Å². The van der Waals surface area contributed by atoms with E-state index < -0.39 is 17.3 Å². The minimum Gasteiger partial charge on any atom is -0.485 e. The highest BCUT2D eigenvalue weighted by Crippen LogP contribution is 2.43. The van der Waals surface area contributed by atoms with E-state index >= 15 is 0 Å². The van der Waals surface area contributed by atoms with Crippen LogP contribution in [0.4, 0.5) is 30.6 Å². The molecular formula is C25H29F3N6O5. The third kappa shape index (κ3) is 5.52. The molecule has 0 saturated carbocycles. The van der Waals surface area contributed by atoms with Crippen LogP contribution in [0, 0.1) is 0 Å². The molecule has 3 N–H and O–H groups in total. The van der Waals surface area contributed by atoms with Crippen LogP contribution in [0.1, 0.15) is 29.8 Å². The second kappa shape index (κ2) is 10.4. The Morgan fingerprint density at radius 1 is 1.10 bits per heavy atom. The number of hydrogen-bond acceptors (Lipinski definition) is 9. The van der Waals surface area contributed by atoms with Crippen LogP contribution in [0.2, 0.25) is 0 Å². The number of aromatic amines is 1. The molecule has 1 amide bonds.